The Morgan fingerprint density at radius 2 is 1.91 bits per heavy atom. The number of carbonyl (C=O) groups excluding carboxylic acids is 1. The van der Waals surface area contributed by atoms with E-state index in [1.807, 2.05) is 0 Å². The van der Waals surface area contributed by atoms with Gasteiger partial charge in [0, 0.05) is 11.0 Å². The van der Waals surface area contributed by atoms with Crippen LogP contribution < -0.4 is 5.32 Å². The topological polar surface area (TPSA) is 38.3 Å². The molecular weight excluding hydrogens is 363 g/mol. The molecule has 0 aliphatic heterocycles. The van der Waals surface area contributed by atoms with Crippen LogP contribution in [0.25, 0.3) is 6.08 Å². The van der Waals surface area contributed by atoms with Gasteiger partial charge in [0.1, 0.15) is 5.60 Å². The van der Waals surface area contributed by atoms with Gasteiger partial charge in [0.25, 0.3) is 0 Å². The van der Waals surface area contributed by atoms with E-state index in [0.29, 0.717) is 10.0 Å². The van der Waals surface area contributed by atoms with Gasteiger partial charge in [-0.15, -0.1) is 0 Å². The van der Waals surface area contributed by atoms with E-state index in [4.69, 9.17) is 4.74 Å². The van der Waals surface area contributed by atoms with E-state index in [2.05, 4.69) is 21.2 Å². The molecule has 0 saturated heterocycles. The molecule has 0 atom stereocenters. The van der Waals surface area contributed by atoms with Gasteiger partial charge >= 0.3 is 12.3 Å². The molecule has 0 radical (unpaired) electrons. The maximum absolute atomic E-state index is 12.7. The number of alkyl halides is 3. The number of alkyl carbamates (subject to hydrolysis) is 1. The zero-order valence-corrected chi connectivity index (χ0v) is 14.0. The molecule has 1 amide bonds. The highest BCUT2D eigenvalue weighted by atomic mass is 79.9. The minimum atomic E-state index is -4.40. The molecule has 22 heavy (non-hydrogen) atoms. The Kier molecular flexibility index (Phi) is 6.05. The number of benzene rings is 1. The van der Waals surface area contributed by atoms with Crippen LogP contribution in [0.15, 0.2) is 28.7 Å². The Hall–Kier alpha value is -1.50. The summed E-state index contributed by atoms with van der Waals surface area (Å²) in [5.41, 5.74) is -0.950. The maximum atomic E-state index is 12.7. The van der Waals surface area contributed by atoms with Gasteiger partial charge in [0.15, 0.2) is 0 Å². The van der Waals surface area contributed by atoms with Crippen molar-refractivity contribution in [2.24, 2.45) is 0 Å². The fourth-order valence-corrected chi connectivity index (χ4v) is 2.03. The highest BCUT2D eigenvalue weighted by Crippen LogP contribution is 2.32. The van der Waals surface area contributed by atoms with Crippen molar-refractivity contribution in [3.8, 4) is 0 Å². The van der Waals surface area contributed by atoms with E-state index in [0.717, 1.165) is 12.1 Å². The van der Waals surface area contributed by atoms with Crippen LogP contribution in [0.4, 0.5) is 18.0 Å². The Labute approximate surface area is 135 Å². The van der Waals surface area contributed by atoms with Crippen molar-refractivity contribution in [1.29, 1.82) is 0 Å². The van der Waals surface area contributed by atoms with Crippen LogP contribution in [-0.2, 0) is 10.9 Å². The first-order valence-electron chi connectivity index (χ1n) is 6.48. The molecule has 0 aliphatic rings. The summed E-state index contributed by atoms with van der Waals surface area (Å²) in [6, 6.07) is 3.60. The molecule has 0 spiro atoms. The Balaban J connectivity index is 2.64. The van der Waals surface area contributed by atoms with E-state index in [1.165, 1.54) is 6.08 Å². The van der Waals surface area contributed by atoms with Gasteiger partial charge < -0.3 is 10.1 Å². The van der Waals surface area contributed by atoms with Crippen molar-refractivity contribution in [1.82, 2.24) is 5.32 Å². The molecule has 1 aromatic carbocycles. The second-order valence-corrected chi connectivity index (χ2v) is 6.47. The third-order valence-corrected chi connectivity index (χ3v) is 2.78. The molecule has 0 fully saturated rings. The number of nitrogens with one attached hydrogen (secondary N) is 1. The minimum absolute atomic E-state index is 0.156. The van der Waals surface area contributed by atoms with Crippen molar-refractivity contribution in [2.45, 2.75) is 32.5 Å². The van der Waals surface area contributed by atoms with Crippen molar-refractivity contribution >= 4 is 28.1 Å². The van der Waals surface area contributed by atoms with Crippen molar-refractivity contribution in [2.75, 3.05) is 6.54 Å². The number of hydrogen-bond donors (Lipinski definition) is 1. The molecule has 1 N–H and O–H groups in total. The van der Waals surface area contributed by atoms with Crippen LogP contribution in [0, 0.1) is 0 Å². The first-order chi connectivity index (χ1) is 9.97. The lowest BCUT2D eigenvalue weighted by molar-refractivity contribution is -0.137. The van der Waals surface area contributed by atoms with E-state index in [-0.39, 0.29) is 6.54 Å². The quantitative estimate of drug-likeness (QED) is 0.801. The van der Waals surface area contributed by atoms with E-state index < -0.39 is 23.4 Å². The maximum Gasteiger partial charge on any atom is 0.416 e. The summed E-state index contributed by atoms with van der Waals surface area (Å²) >= 11 is 3.05. The summed E-state index contributed by atoms with van der Waals surface area (Å²) in [4.78, 5) is 11.4. The molecule has 1 aromatic rings. The standard InChI is InChI=1S/C15H17BrF3NO2/c1-14(2,3)22-13(21)20-6-4-5-10-7-11(15(17,18)19)9-12(16)8-10/h4-5,7-9H,6H2,1-3H3,(H,20,21). The molecule has 0 bridgehead atoms. The molecule has 0 saturated carbocycles. The van der Waals surface area contributed by atoms with Gasteiger partial charge in [0.05, 0.1) is 5.56 Å². The highest BCUT2D eigenvalue weighted by Gasteiger charge is 2.30. The van der Waals surface area contributed by atoms with Crippen LogP contribution in [0.5, 0.6) is 0 Å². The predicted molar refractivity (Wildman–Crippen MR) is 82.4 cm³/mol. The molecule has 7 heteroatoms. The van der Waals surface area contributed by atoms with Gasteiger partial charge in [-0.25, -0.2) is 4.79 Å². The highest BCUT2D eigenvalue weighted by molar-refractivity contribution is 9.10. The number of halogens is 4. The second-order valence-electron chi connectivity index (χ2n) is 5.56. The summed E-state index contributed by atoms with van der Waals surface area (Å²) in [5, 5.41) is 2.49. The van der Waals surface area contributed by atoms with Crippen LogP contribution in [0.1, 0.15) is 31.9 Å². The lowest BCUT2D eigenvalue weighted by Crippen LogP contribution is -2.32. The first kappa shape index (κ1) is 18.5. The molecule has 0 aliphatic carbocycles. The fraction of sp³-hybridized carbons (Fsp3) is 0.400. The lowest BCUT2D eigenvalue weighted by Gasteiger charge is -2.19. The Bertz CT molecular complexity index is 563. The molecule has 3 nitrogen and oxygen atoms in total. The minimum Gasteiger partial charge on any atom is -0.444 e. The number of rotatable bonds is 3. The van der Waals surface area contributed by atoms with Gasteiger partial charge in [-0.2, -0.15) is 13.2 Å². The number of carbonyl (C=O) groups is 1. The normalized spacial score (nSPS) is 12.5. The average molecular weight is 380 g/mol. The van der Waals surface area contributed by atoms with Crippen LogP contribution in [0.2, 0.25) is 0 Å². The largest absolute Gasteiger partial charge is 0.444 e. The van der Waals surface area contributed by atoms with Crippen molar-refractivity contribution in [3.05, 3.63) is 39.9 Å². The summed E-state index contributed by atoms with van der Waals surface area (Å²) in [5.74, 6) is 0. The molecule has 1 rings (SSSR count). The second kappa shape index (κ2) is 7.17. The summed E-state index contributed by atoms with van der Waals surface area (Å²) in [7, 11) is 0. The van der Waals surface area contributed by atoms with E-state index >= 15 is 0 Å². The van der Waals surface area contributed by atoms with Crippen LogP contribution in [-0.4, -0.2) is 18.2 Å². The Morgan fingerprint density at radius 1 is 1.27 bits per heavy atom. The summed E-state index contributed by atoms with van der Waals surface area (Å²) < 4.78 is 43.4. The lowest BCUT2D eigenvalue weighted by atomic mass is 10.1. The number of ether oxygens (including phenoxy) is 1. The van der Waals surface area contributed by atoms with Crippen LogP contribution >= 0.6 is 15.9 Å². The number of amides is 1. The molecule has 122 valence electrons. The molecule has 0 aromatic heterocycles. The zero-order chi connectivity index (χ0) is 17.0. The van der Waals surface area contributed by atoms with Gasteiger partial charge in [-0.1, -0.05) is 28.1 Å². The van der Waals surface area contributed by atoms with Gasteiger partial charge in [-0.05, 0) is 44.5 Å². The van der Waals surface area contributed by atoms with Crippen molar-refractivity contribution < 1.29 is 22.7 Å². The van der Waals surface area contributed by atoms with Crippen LogP contribution in [0.3, 0.4) is 0 Å². The van der Waals surface area contributed by atoms with Gasteiger partial charge in [0.2, 0.25) is 0 Å². The van der Waals surface area contributed by atoms with E-state index in [9.17, 15) is 18.0 Å². The summed E-state index contributed by atoms with van der Waals surface area (Å²) in [6.07, 6.45) is -1.94. The SMILES string of the molecule is CC(C)(C)OC(=O)NCC=Cc1cc(Br)cc(C(F)(F)F)c1. The summed E-state index contributed by atoms with van der Waals surface area (Å²) in [6.45, 7) is 5.37. The number of hydrogen-bond acceptors (Lipinski definition) is 2. The molecule has 0 unspecified atom stereocenters. The van der Waals surface area contributed by atoms with Gasteiger partial charge in [-0.3, -0.25) is 0 Å². The average Bonchev–Trinajstić information content (AvgIpc) is 2.30. The molecular formula is C15H17BrF3NO2. The Morgan fingerprint density at radius 3 is 2.45 bits per heavy atom. The molecule has 0 heterocycles. The van der Waals surface area contributed by atoms with Crippen molar-refractivity contribution in [3.63, 3.8) is 0 Å². The van der Waals surface area contributed by atoms with E-state index in [1.54, 1.807) is 32.9 Å². The smallest absolute Gasteiger partial charge is 0.416 e. The first-order valence-corrected chi connectivity index (χ1v) is 7.28. The third kappa shape index (κ3) is 6.98. The monoisotopic (exact) mass is 379 g/mol. The third-order valence-electron chi connectivity index (χ3n) is 2.32. The predicted octanol–water partition coefficient (Wildman–Crippen LogP) is 5.01. The zero-order valence-electron chi connectivity index (χ0n) is 12.4. The fourth-order valence-electron chi connectivity index (χ4n) is 1.52.